The number of allylic oxidation sites excluding steroid dienone is 1. The average Bonchev–Trinajstić information content (AvgIpc) is 2.56. The van der Waals surface area contributed by atoms with E-state index in [9.17, 15) is 9.59 Å². The summed E-state index contributed by atoms with van der Waals surface area (Å²) in [5, 5.41) is 0. The van der Waals surface area contributed by atoms with Gasteiger partial charge in [-0.2, -0.15) is 0 Å². The molecule has 0 saturated heterocycles. The van der Waals surface area contributed by atoms with Crippen molar-refractivity contribution in [1.29, 1.82) is 0 Å². The molecule has 0 heterocycles. The van der Waals surface area contributed by atoms with Gasteiger partial charge in [-0.25, -0.2) is 0 Å². The molecule has 0 spiro atoms. The molecule has 0 aromatic heterocycles. The van der Waals surface area contributed by atoms with E-state index >= 15 is 0 Å². The molecule has 0 aliphatic heterocycles. The molecule has 6 nitrogen and oxygen atoms in total. The summed E-state index contributed by atoms with van der Waals surface area (Å²) in [6.07, 6.45) is 2.05. The number of carbonyl (C=O) groups excluding carboxylic acids is 2. The lowest BCUT2D eigenvalue weighted by Crippen LogP contribution is -2.43. The second-order valence-electron chi connectivity index (χ2n) is 10.8. The summed E-state index contributed by atoms with van der Waals surface area (Å²) < 4.78 is 22.7. The van der Waals surface area contributed by atoms with Gasteiger partial charge in [0.2, 0.25) is 16.6 Å². The van der Waals surface area contributed by atoms with Gasteiger partial charge in [0.05, 0.1) is 24.5 Å². The van der Waals surface area contributed by atoms with E-state index < -0.39 is 33.4 Å². The monoisotopic (exact) mass is 472 g/mol. The maximum atomic E-state index is 13.3. The number of hydrogen-bond donors (Lipinski definition) is 0. The smallest absolute Gasteiger partial charge is 0.312 e. The molecular formula is C23H44O6Si2. The Morgan fingerprint density at radius 1 is 0.935 bits per heavy atom. The molecule has 0 aliphatic carbocycles. The summed E-state index contributed by atoms with van der Waals surface area (Å²) >= 11 is 0. The third kappa shape index (κ3) is 11.2. The fraction of sp³-hybridized carbons (Fsp3) is 0.783. The number of carbonyl (C=O) groups is 2. The van der Waals surface area contributed by atoms with Gasteiger partial charge in [-0.05, 0) is 86.2 Å². The second-order valence-corrected chi connectivity index (χ2v) is 19.7. The van der Waals surface area contributed by atoms with E-state index in [1.54, 1.807) is 21.0 Å². The lowest BCUT2D eigenvalue weighted by molar-refractivity contribution is -0.157. The fourth-order valence-corrected chi connectivity index (χ4v) is 4.82. The largest absolute Gasteiger partial charge is 0.520 e. The molecule has 0 rings (SSSR count). The van der Waals surface area contributed by atoms with Crippen LogP contribution in [0.5, 0.6) is 0 Å². The van der Waals surface area contributed by atoms with Crippen LogP contribution in [0.1, 0.15) is 53.4 Å². The van der Waals surface area contributed by atoms with Crippen LogP contribution in [0.3, 0.4) is 0 Å². The van der Waals surface area contributed by atoms with Crippen molar-refractivity contribution in [2.75, 3.05) is 13.7 Å². The molecule has 2 atom stereocenters. The Bertz CT molecular complexity index is 643. The van der Waals surface area contributed by atoms with Crippen molar-refractivity contribution in [1.82, 2.24) is 0 Å². The molecule has 0 aromatic carbocycles. The van der Waals surface area contributed by atoms with Gasteiger partial charge < -0.3 is 18.3 Å². The fourth-order valence-electron chi connectivity index (χ4n) is 3.20. The normalized spacial score (nSPS) is 15.5. The van der Waals surface area contributed by atoms with Crippen molar-refractivity contribution in [2.45, 2.75) is 92.7 Å². The summed E-state index contributed by atoms with van der Waals surface area (Å²) in [4.78, 5) is 25.9. The van der Waals surface area contributed by atoms with Gasteiger partial charge in [0.1, 0.15) is 0 Å². The van der Waals surface area contributed by atoms with E-state index in [0.29, 0.717) is 19.0 Å². The van der Waals surface area contributed by atoms with Crippen molar-refractivity contribution in [3.63, 3.8) is 0 Å². The summed E-state index contributed by atoms with van der Waals surface area (Å²) in [5.74, 6) is -0.470. The Kier molecular flexibility index (Phi) is 11.1. The molecule has 2 radical (unpaired) electrons. The Morgan fingerprint density at radius 2 is 1.45 bits per heavy atom. The molecule has 0 amide bonds. The number of hydrogen-bond acceptors (Lipinski definition) is 6. The van der Waals surface area contributed by atoms with E-state index in [1.165, 1.54) is 0 Å². The summed E-state index contributed by atoms with van der Waals surface area (Å²) in [6.45, 7) is 26.0. The van der Waals surface area contributed by atoms with Crippen LogP contribution in [0.25, 0.3) is 0 Å². The van der Waals surface area contributed by atoms with E-state index in [1.807, 2.05) is 33.5 Å². The molecule has 8 heteroatoms. The van der Waals surface area contributed by atoms with Crippen molar-refractivity contribution in [3.8, 4) is 0 Å². The lowest BCUT2D eigenvalue weighted by atomic mass is 9.71. The second kappa shape index (κ2) is 11.5. The number of esters is 1. The molecule has 0 saturated carbocycles. The van der Waals surface area contributed by atoms with Gasteiger partial charge in [-0.1, -0.05) is 13.3 Å². The van der Waals surface area contributed by atoms with Gasteiger partial charge in [0, 0.05) is 5.57 Å². The van der Waals surface area contributed by atoms with Crippen LogP contribution in [-0.4, -0.2) is 42.3 Å². The van der Waals surface area contributed by atoms with Crippen LogP contribution in [0.15, 0.2) is 11.5 Å². The zero-order chi connectivity index (χ0) is 24.7. The third-order valence-electron chi connectivity index (χ3n) is 4.43. The quantitative estimate of drug-likeness (QED) is 0.143. The molecule has 0 aromatic rings. The zero-order valence-electron chi connectivity index (χ0n) is 21.6. The number of unbranched alkanes of at least 4 members (excludes halogenated alkanes) is 1. The van der Waals surface area contributed by atoms with Crippen molar-refractivity contribution in [3.05, 3.63) is 18.4 Å². The number of methoxy groups -OCH3 is 1. The van der Waals surface area contributed by atoms with Crippen LogP contribution in [0, 0.1) is 17.8 Å². The van der Waals surface area contributed by atoms with Crippen molar-refractivity contribution >= 4 is 28.6 Å². The Labute approximate surface area is 192 Å². The van der Waals surface area contributed by atoms with Crippen LogP contribution in [-0.2, 0) is 27.9 Å². The van der Waals surface area contributed by atoms with Gasteiger partial charge in [0.15, 0.2) is 0 Å². The SMILES string of the molecule is [CH]C(C)(CC(C)(C/C(C)=C(/OC)O[Si](C)(C)C)C(=O)O[Si](C)(C)C)C(=O)OCCCC. The minimum Gasteiger partial charge on any atom is -0.520 e. The van der Waals surface area contributed by atoms with Crippen LogP contribution < -0.4 is 0 Å². The molecule has 0 N–H and O–H groups in total. The zero-order valence-corrected chi connectivity index (χ0v) is 23.6. The standard InChI is InChI=1S/C23H44O6Si2/c1-13-14-15-27-20(24)22(3,4)17-23(5,21(25)29-31(10,11)12)16-18(2)19(26-6)28-30(7,8)9/h3H,13-17H2,1-2,4-12H3/b19-18-. The van der Waals surface area contributed by atoms with Crippen LogP contribution >= 0.6 is 0 Å². The van der Waals surface area contributed by atoms with Gasteiger partial charge in [0.25, 0.3) is 11.9 Å². The maximum absolute atomic E-state index is 13.3. The first-order chi connectivity index (χ1) is 13.9. The minimum atomic E-state index is -2.16. The highest BCUT2D eigenvalue weighted by molar-refractivity contribution is 6.71. The molecule has 2 unspecified atom stereocenters. The topological polar surface area (TPSA) is 71.1 Å². The Morgan fingerprint density at radius 3 is 1.87 bits per heavy atom. The van der Waals surface area contributed by atoms with E-state index in [0.717, 1.165) is 18.4 Å². The predicted octanol–water partition coefficient (Wildman–Crippen LogP) is 5.94. The highest BCUT2D eigenvalue weighted by atomic mass is 28.4. The van der Waals surface area contributed by atoms with E-state index in [-0.39, 0.29) is 12.4 Å². The predicted molar refractivity (Wildman–Crippen MR) is 129 cm³/mol. The molecule has 0 aliphatic rings. The highest BCUT2D eigenvalue weighted by Crippen LogP contribution is 2.41. The maximum Gasteiger partial charge on any atom is 0.312 e. The highest BCUT2D eigenvalue weighted by Gasteiger charge is 2.46. The number of rotatable bonds is 13. The van der Waals surface area contributed by atoms with E-state index in [2.05, 4.69) is 19.6 Å². The third-order valence-corrected chi connectivity index (χ3v) is 6.03. The summed E-state index contributed by atoms with van der Waals surface area (Å²) in [5.41, 5.74) is -1.62. The van der Waals surface area contributed by atoms with Gasteiger partial charge in [-0.3, -0.25) is 9.59 Å². The molecule has 180 valence electrons. The summed E-state index contributed by atoms with van der Waals surface area (Å²) in [7, 11) is -2.53. The van der Waals surface area contributed by atoms with Crippen LogP contribution in [0.2, 0.25) is 39.3 Å². The first kappa shape index (κ1) is 29.7. The average molecular weight is 473 g/mol. The number of ether oxygens (including phenoxy) is 2. The first-order valence-electron chi connectivity index (χ1n) is 11.0. The molecule has 0 fully saturated rings. The molecule has 31 heavy (non-hydrogen) atoms. The van der Waals surface area contributed by atoms with Gasteiger partial charge in [-0.15, -0.1) is 0 Å². The van der Waals surface area contributed by atoms with E-state index in [4.69, 9.17) is 25.2 Å². The van der Waals surface area contributed by atoms with Crippen LogP contribution in [0.4, 0.5) is 0 Å². The Balaban J connectivity index is 5.97. The van der Waals surface area contributed by atoms with Crippen molar-refractivity contribution < 1.29 is 27.9 Å². The van der Waals surface area contributed by atoms with Crippen molar-refractivity contribution in [2.24, 2.45) is 10.8 Å². The van der Waals surface area contributed by atoms with Gasteiger partial charge >= 0.3 is 5.97 Å². The first-order valence-corrected chi connectivity index (χ1v) is 17.8. The molecule has 0 bridgehead atoms. The summed E-state index contributed by atoms with van der Waals surface area (Å²) in [6, 6.07) is 0. The minimum absolute atomic E-state index is 0.0789. The molecular weight excluding hydrogens is 428 g/mol. The lowest BCUT2D eigenvalue weighted by Gasteiger charge is -2.36. The Hall–Kier alpha value is -1.29.